The topological polar surface area (TPSA) is 69.0 Å². The van der Waals surface area contributed by atoms with Crippen LogP contribution < -0.4 is 5.32 Å². The van der Waals surface area contributed by atoms with E-state index in [0.29, 0.717) is 26.1 Å². The van der Waals surface area contributed by atoms with Gasteiger partial charge in [0.25, 0.3) is 0 Å². The van der Waals surface area contributed by atoms with Crippen LogP contribution in [0.5, 0.6) is 0 Å². The summed E-state index contributed by atoms with van der Waals surface area (Å²) in [6.07, 6.45) is 5.73. The number of amides is 1. The van der Waals surface area contributed by atoms with Gasteiger partial charge in [0.1, 0.15) is 12.4 Å². The molecule has 1 atom stereocenters. The first kappa shape index (κ1) is 16.5. The van der Waals surface area contributed by atoms with Crippen LogP contribution in [0.2, 0.25) is 0 Å². The third-order valence-electron chi connectivity index (χ3n) is 4.39. The lowest BCUT2D eigenvalue weighted by atomic mass is 10.2. The summed E-state index contributed by atoms with van der Waals surface area (Å²) in [5, 5.41) is 2.94. The highest BCUT2D eigenvalue weighted by Crippen LogP contribution is 2.21. The number of hydrogen-bond donors (Lipinski definition) is 1. The van der Waals surface area contributed by atoms with Crippen molar-refractivity contribution in [1.29, 1.82) is 0 Å². The molecule has 4 rings (SSSR count). The van der Waals surface area contributed by atoms with Crippen molar-refractivity contribution >= 4 is 5.91 Å². The van der Waals surface area contributed by atoms with Gasteiger partial charge >= 0.3 is 0 Å². The van der Waals surface area contributed by atoms with Gasteiger partial charge in [-0.25, -0.2) is 4.98 Å². The van der Waals surface area contributed by atoms with Crippen LogP contribution in [-0.2, 0) is 29.1 Å². The molecule has 6 heteroatoms. The van der Waals surface area contributed by atoms with Gasteiger partial charge in [-0.1, -0.05) is 36.4 Å². The van der Waals surface area contributed by atoms with E-state index >= 15 is 0 Å². The Balaban J connectivity index is 1.34. The Morgan fingerprint density at radius 2 is 2.12 bits per heavy atom. The van der Waals surface area contributed by atoms with E-state index in [1.54, 1.807) is 12.4 Å². The fraction of sp³-hybridized carbons (Fsp3) is 0.250. The third-order valence-corrected chi connectivity index (χ3v) is 4.39. The van der Waals surface area contributed by atoms with Gasteiger partial charge in [0.2, 0.25) is 5.91 Å². The van der Waals surface area contributed by atoms with Crippen LogP contribution in [0.4, 0.5) is 0 Å². The van der Waals surface area contributed by atoms with E-state index < -0.39 is 0 Å². The van der Waals surface area contributed by atoms with Gasteiger partial charge < -0.3 is 14.6 Å². The molecule has 0 saturated carbocycles. The maximum atomic E-state index is 12.1. The quantitative estimate of drug-likeness (QED) is 0.767. The number of carbonyl (C=O) groups is 1. The van der Waals surface area contributed by atoms with Crippen molar-refractivity contribution in [2.75, 3.05) is 6.54 Å². The van der Waals surface area contributed by atoms with Crippen molar-refractivity contribution in [2.24, 2.45) is 0 Å². The summed E-state index contributed by atoms with van der Waals surface area (Å²) >= 11 is 0. The van der Waals surface area contributed by atoms with E-state index in [1.807, 2.05) is 42.5 Å². The highest BCUT2D eigenvalue weighted by atomic mass is 16.5. The number of hydrogen-bond acceptors (Lipinski definition) is 4. The van der Waals surface area contributed by atoms with Crippen molar-refractivity contribution in [2.45, 2.75) is 25.7 Å². The molecule has 0 aliphatic carbocycles. The van der Waals surface area contributed by atoms with Crippen LogP contribution >= 0.6 is 0 Å². The van der Waals surface area contributed by atoms with Crippen LogP contribution in [-0.4, -0.2) is 33.1 Å². The van der Waals surface area contributed by atoms with Crippen LogP contribution in [0.1, 0.15) is 11.4 Å². The molecule has 1 amide bonds. The van der Waals surface area contributed by atoms with E-state index in [1.165, 1.54) is 0 Å². The van der Waals surface area contributed by atoms with E-state index in [4.69, 9.17) is 4.74 Å². The Bertz CT molecular complexity index is 877. The number of benzene rings is 1. The lowest BCUT2D eigenvalue weighted by Crippen LogP contribution is -2.39. The summed E-state index contributed by atoms with van der Waals surface area (Å²) in [5.74, 6) is 0.893. The second-order valence-electron chi connectivity index (χ2n) is 6.34. The normalized spacial score (nSPS) is 16.1. The number of rotatable bonds is 5. The molecular formula is C20H20N4O2. The first-order chi connectivity index (χ1) is 12.8. The maximum Gasteiger partial charge on any atom is 0.224 e. The van der Waals surface area contributed by atoms with Gasteiger partial charge in [-0.05, 0) is 11.6 Å². The molecule has 0 fully saturated rings. The summed E-state index contributed by atoms with van der Waals surface area (Å²) in [4.78, 5) is 20.8. The third kappa shape index (κ3) is 3.81. The molecule has 132 valence electrons. The highest BCUT2D eigenvalue weighted by Gasteiger charge is 2.21. The van der Waals surface area contributed by atoms with E-state index in [9.17, 15) is 4.79 Å². The Labute approximate surface area is 151 Å². The largest absolute Gasteiger partial charge is 0.367 e. The first-order valence-electron chi connectivity index (χ1n) is 8.66. The number of imidazole rings is 1. The molecule has 3 aromatic rings. The average Bonchev–Trinajstić information content (AvgIpc) is 3.11. The number of fused-ring (bicyclic) bond motifs is 1. The molecule has 0 unspecified atom stereocenters. The summed E-state index contributed by atoms with van der Waals surface area (Å²) in [5.41, 5.74) is 2.94. The molecule has 3 heterocycles. The minimum atomic E-state index is -0.0572. The summed E-state index contributed by atoms with van der Waals surface area (Å²) in [7, 11) is 0. The fourth-order valence-electron chi connectivity index (χ4n) is 3.04. The van der Waals surface area contributed by atoms with E-state index in [-0.39, 0.29) is 12.0 Å². The van der Waals surface area contributed by atoms with Crippen LogP contribution in [0.3, 0.4) is 0 Å². The summed E-state index contributed by atoms with van der Waals surface area (Å²) in [6.45, 7) is 1.62. The van der Waals surface area contributed by atoms with E-state index in [2.05, 4.69) is 26.0 Å². The summed E-state index contributed by atoms with van der Waals surface area (Å²) in [6, 6.07) is 13.8. The van der Waals surface area contributed by atoms with Crippen LogP contribution in [0, 0.1) is 0 Å². The van der Waals surface area contributed by atoms with E-state index in [0.717, 1.165) is 22.6 Å². The number of pyridine rings is 1. The monoisotopic (exact) mass is 348 g/mol. The molecule has 6 nitrogen and oxygen atoms in total. The Morgan fingerprint density at radius 1 is 1.23 bits per heavy atom. The van der Waals surface area contributed by atoms with Gasteiger partial charge in [0.15, 0.2) is 0 Å². The molecule has 0 saturated heterocycles. The molecule has 1 aliphatic heterocycles. The van der Waals surface area contributed by atoms with Crippen LogP contribution in [0.15, 0.2) is 61.1 Å². The van der Waals surface area contributed by atoms with Crippen molar-refractivity contribution < 1.29 is 9.53 Å². The molecular weight excluding hydrogens is 328 g/mol. The van der Waals surface area contributed by atoms with Gasteiger partial charge in [-0.3, -0.25) is 9.78 Å². The average molecular weight is 348 g/mol. The Hall–Kier alpha value is -2.99. The van der Waals surface area contributed by atoms with Crippen molar-refractivity contribution in [3.63, 3.8) is 0 Å². The minimum Gasteiger partial charge on any atom is -0.367 e. The standard InChI is InChI=1S/C20H20N4O2/c25-20(9-15-5-4-8-21-10-15)22-11-17-12-24-13-18(23-19(24)14-26-17)16-6-2-1-3-7-16/h1-8,10,13,17H,9,11-12,14H2,(H,22,25)/t17-/m0/s1. The first-order valence-corrected chi connectivity index (χ1v) is 8.66. The Morgan fingerprint density at radius 3 is 2.92 bits per heavy atom. The molecule has 1 N–H and O–H groups in total. The molecule has 0 bridgehead atoms. The molecule has 0 spiro atoms. The number of aromatic nitrogens is 3. The van der Waals surface area contributed by atoms with Gasteiger partial charge in [0.05, 0.1) is 24.8 Å². The van der Waals surface area contributed by atoms with Crippen molar-refractivity contribution in [1.82, 2.24) is 19.9 Å². The maximum absolute atomic E-state index is 12.1. The molecule has 2 aromatic heterocycles. The second-order valence-corrected chi connectivity index (χ2v) is 6.34. The number of carbonyl (C=O) groups excluding carboxylic acids is 1. The van der Waals surface area contributed by atoms with Crippen molar-refractivity contribution in [3.05, 3.63) is 72.4 Å². The highest BCUT2D eigenvalue weighted by molar-refractivity contribution is 5.78. The number of ether oxygens (including phenoxy) is 1. The Kier molecular flexibility index (Phi) is 4.75. The number of nitrogens with zero attached hydrogens (tertiary/aromatic N) is 3. The SMILES string of the molecule is O=C(Cc1cccnc1)NC[C@H]1Cn2cc(-c3ccccc3)nc2CO1. The van der Waals surface area contributed by atoms with Gasteiger partial charge in [0, 0.05) is 30.7 Å². The minimum absolute atomic E-state index is 0.0250. The molecule has 0 radical (unpaired) electrons. The van der Waals surface area contributed by atoms with Crippen molar-refractivity contribution in [3.8, 4) is 11.3 Å². The molecule has 26 heavy (non-hydrogen) atoms. The molecule has 1 aromatic carbocycles. The predicted molar refractivity (Wildman–Crippen MR) is 97.2 cm³/mol. The predicted octanol–water partition coefficient (Wildman–Crippen LogP) is 2.20. The smallest absolute Gasteiger partial charge is 0.224 e. The molecule has 1 aliphatic rings. The second kappa shape index (κ2) is 7.49. The zero-order chi connectivity index (χ0) is 17.8. The number of nitrogens with one attached hydrogen (secondary N) is 1. The lowest BCUT2D eigenvalue weighted by molar-refractivity contribution is -0.121. The zero-order valence-corrected chi connectivity index (χ0v) is 14.3. The summed E-state index contributed by atoms with van der Waals surface area (Å²) < 4.78 is 7.96. The fourth-order valence-corrected chi connectivity index (χ4v) is 3.04. The van der Waals surface area contributed by atoms with Gasteiger partial charge in [-0.2, -0.15) is 0 Å². The van der Waals surface area contributed by atoms with Crippen LogP contribution in [0.25, 0.3) is 11.3 Å². The zero-order valence-electron chi connectivity index (χ0n) is 14.3. The lowest BCUT2D eigenvalue weighted by Gasteiger charge is -2.24. The van der Waals surface area contributed by atoms with Gasteiger partial charge in [-0.15, -0.1) is 0 Å².